The van der Waals surface area contributed by atoms with Crippen LogP contribution in [0.4, 0.5) is 0 Å². The number of ether oxygens (including phenoxy) is 1. The van der Waals surface area contributed by atoms with Gasteiger partial charge >= 0.3 is 0 Å². The summed E-state index contributed by atoms with van der Waals surface area (Å²) in [6.07, 6.45) is 1.64. The minimum Gasteiger partial charge on any atom is -0.381 e. The molecule has 82 valence electrons. The summed E-state index contributed by atoms with van der Waals surface area (Å²) >= 11 is 0. The summed E-state index contributed by atoms with van der Waals surface area (Å²) in [6.45, 7) is 5.65. The van der Waals surface area contributed by atoms with Crippen LogP contribution in [0.5, 0.6) is 0 Å². The SMILES string of the molecule is CC(C)C(=O)NC1(CN)CCOCC1. The van der Waals surface area contributed by atoms with Crippen LogP contribution < -0.4 is 11.1 Å². The van der Waals surface area contributed by atoms with E-state index in [0.717, 1.165) is 12.8 Å². The summed E-state index contributed by atoms with van der Waals surface area (Å²) in [7, 11) is 0. The zero-order chi connectivity index (χ0) is 10.6. The van der Waals surface area contributed by atoms with Crippen LogP contribution in [0, 0.1) is 5.92 Å². The molecule has 1 aliphatic rings. The van der Waals surface area contributed by atoms with E-state index >= 15 is 0 Å². The largest absolute Gasteiger partial charge is 0.381 e. The molecule has 1 heterocycles. The molecule has 3 N–H and O–H groups in total. The van der Waals surface area contributed by atoms with Gasteiger partial charge in [0.1, 0.15) is 0 Å². The van der Waals surface area contributed by atoms with Crippen LogP contribution in [0.15, 0.2) is 0 Å². The highest BCUT2D eigenvalue weighted by atomic mass is 16.5. The molecule has 1 fully saturated rings. The van der Waals surface area contributed by atoms with Gasteiger partial charge in [0, 0.05) is 25.7 Å². The second kappa shape index (κ2) is 4.75. The third kappa shape index (κ3) is 2.69. The van der Waals surface area contributed by atoms with Crippen molar-refractivity contribution in [2.24, 2.45) is 11.7 Å². The predicted molar refractivity (Wildman–Crippen MR) is 54.8 cm³/mol. The predicted octanol–water partition coefficient (Wildman–Crippen LogP) is 0.267. The minimum atomic E-state index is -0.223. The van der Waals surface area contributed by atoms with Gasteiger partial charge in [0.05, 0.1) is 5.54 Å². The standard InChI is InChI=1S/C10H20N2O2/c1-8(2)9(13)12-10(7-11)3-5-14-6-4-10/h8H,3-7,11H2,1-2H3,(H,12,13). The van der Waals surface area contributed by atoms with Crippen molar-refractivity contribution in [3.05, 3.63) is 0 Å². The molecule has 0 aromatic carbocycles. The second-order valence-corrected chi connectivity index (χ2v) is 4.24. The van der Waals surface area contributed by atoms with Crippen LogP contribution in [0.25, 0.3) is 0 Å². The molecule has 0 saturated carbocycles. The van der Waals surface area contributed by atoms with Crippen molar-refractivity contribution < 1.29 is 9.53 Å². The number of nitrogens with two attached hydrogens (primary N) is 1. The van der Waals surface area contributed by atoms with E-state index in [2.05, 4.69) is 5.32 Å². The summed E-state index contributed by atoms with van der Waals surface area (Å²) in [6, 6.07) is 0. The Morgan fingerprint density at radius 3 is 2.50 bits per heavy atom. The Morgan fingerprint density at radius 1 is 1.50 bits per heavy atom. The van der Waals surface area contributed by atoms with Crippen molar-refractivity contribution >= 4 is 5.91 Å². The number of carbonyl (C=O) groups excluding carboxylic acids is 1. The Morgan fingerprint density at radius 2 is 2.07 bits per heavy atom. The molecule has 1 saturated heterocycles. The smallest absolute Gasteiger partial charge is 0.223 e. The molecular weight excluding hydrogens is 180 g/mol. The molecule has 0 bridgehead atoms. The van der Waals surface area contributed by atoms with Gasteiger partial charge in [-0.3, -0.25) is 4.79 Å². The lowest BCUT2D eigenvalue weighted by molar-refractivity contribution is -0.127. The molecule has 0 atom stereocenters. The first-order valence-corrected chi connectivity index (χ1v) is 5.19. The summed E-state index contributed by atoms with van der Waals surface area (Å²) in [4.78, 5) is 11.6. The number of nitrogens with one attached hydrogen (secondary N) is 1. The molecule has 1 amide bonds. The molecule has 1 rings (SSSR count). The van der Waals surface area contributed by atoms with Gasteiger partial charge in [-0.2, -0.15) is 0 Å². The fraction of sp³-hybridized carbons (Fsp3) is 0.900. The molecule has 0 unspecified atom stereocenters. The molecule has 4 nitrogen and oxygen atoms in total. The third-order valence-electron chi connectivity index (χ3n) is 2.75. The highest BCUT2D eigenvalue weighted by molar-refractivity contribution is 5.78. The lowest BCUT2D eigenvalue weighted by Crippen LogP contribution is -2.57. The van der Waals surface area contributed by atoms with Crippen LogP contribution in [0.1, 0.15) is 26.7 Å². The highest BCUT2D eigenvalue weighted by Crippen LogP contribution is 2.19. The summed E-state index contributed by atoms with van der Waals surface area (Å²) in [5, 5.41) is 3.04. The summed E-state index contributed by atoms with van der Waals surface area (Å²) < 4.78 is 5.26. The molecule has 0 aromatic heterocycles. The van der Waals surface area contributed by atoms with Gasteiger partial charge in [0.15, 0.2) is 0 Å². The van der Waals surface area contributed by atoms with E-state index in [1.54, 1.807) is 0 Å². The van der Waals surface area contributed by atoms with Crippen molar-refractivity contribution in [3.63, 3.8) is 0 Å². The van der Waals surface area contributed by atoms with Crippen molar-refractivity contribution in [2.75, 3.05) is 19.8 Å². The van der Waals surface area contributed by atoms with Gasteiger partial charge in [0.2, 0.25) is 5.91 Å². The van der Waals surface area contributed by atoms with Gasteiger partial charge in [-0.25, -0.2) is 0 Å². The second-order valence-electron chi connectivity index (χ2n) is 4.24. The van der Waals surface area contributed by atoms with Crippen molar-refractivity contribution in [1.29, 1.82) is 0 Å². The van der Waals surface area contributed by atoms with Crippen LogP contribution in [0.3, 0.4) is 0 Å². The first kappa shape index (κ1) is 11.5. The van der Waals surface area contributed by atoms with Crippen molar-refractivity contribution in [3.8, 4) is 0 Å². The summed E-state index contributed by atoms with van der Waals surface area (Å²) in [5.41, 5.74) is 5.49. The topological polar surface area (TPSA) is 64.4 Å². The zero-order valence-electron chi connectivity index (χ0n) is 9.01. The summed E-state index contributed by atoms with van der Waals surface area (Å²) in [5.74, 6) is 0.0959. The maximum absolute atomic E-state index is 11.6. The van der Waals surface area contributed by atoms with Gasteiger partial charge in [0.25, 0.3) is 0 Å². The van der Waals surface area contributed by atoms with Gasteiger partial charge < -0.3 is 15.8 Å². The Bertz CT molecular complexity index is 198. The third-order valence-corrected chi connectivity index (χ3v) is 2.75. The Balaban J connectivity index is 2.56. The lowest BCUT2D eigenvalue weighted by atomic mass is 9.89. The fourth-order valence-corrected chi connectivity index (χ4v) is 1.55. The van der Waals surface area contributed by atoms with Crippen molar-refractivity contribution in [1.82, 2.24) is 5.32 Å². The average molecular weight is 200 g/mol. The van der Waals surface area contributed by atoms with Gasteiger partial charge in [-0.15, -0.1) is 0 Å². The Kier molecular flexibility index (Phi) is 3.89. The number of hydrogen-bond donors (Lipinski definition) is 2. The van der Waals surface area contributed by atoms with Crippen molar-refractivity contribution in [2.45, 2.75) is 32.2 Å². The normalized spacial score (nSPS) is 20.9. The number of amides is 1. The van der Waals surface area contributed by atoms with Crippen LogP contribution in [-0.2, 0) is 9.53 Å². The monoisotopic (exact) mass is 200 g/mol. The van der Waals surface area contributed by atoms with Crippen LogP contribution in [0.2, 0.25) is 0 Å². The number of rotatable bonds is 3. The molecule has 4 heteroatoms. The van der Waals surface area contributed by atoms with Gasteiger partial charge in [-0.05, 0) is 12.8 Å². The molecule has 0 radical (unpaired) electrons. The molecule has 0 aromatic rings. The maximum Gasteiger partial charge on any atom is 0.223 e. The van der Waals surface area contributed by atoms with Crippen LogP contribution >= 0.6 is 0 Å². The van der Waals surface area contributed by atoms with E-state index in [-0.39, 0.29) is 17.4 Å². The molecular formula is C10H20N2O2. The molecule has 14 heavy (non-hydrogen) atoms. The fourth-order valence-electron chi connectivity index (χ4n) is 1.55. The van der Waals surface area contributed by atoms with Gasteiger partial charge in [-0.1, -0.05) is 13.8 Å². The van der Waals surface area contributed by atoms with E-state index in [9.17, 15) is 4.79 Å². The maximum atomic E-state index is 11.6. The molecule has 0 aliphatic carbocycles. The van der Waals surface area contributed by atoms with Crippen LogP contribution in [-0.4, -0.2) is 31.2 Å². The quantitative estimate of drug-likeness (QED) is 0.687. The minimum absolute atomic E-state index is 0.0151. The highest BCUT2D eigenvalue weighted by Gasteiger charge is 2.33. The molecule has 0 spiro atoms. The van der Waals surface area contributed by atoms with E-state index in [1.807, 2.05) is 13.8 Å². The van der Waals surface area contributed by atoms with E-state index in [1.165, 1.54) is 0 Å². The van der Waals surface area contributed by atoms with E-state index < -0.39 is 0 Å². The first-order chi connectivity index (χ1) is 6.59. The van der Waals surface area contributed by atoms with E-state index in [0.29, 0.717) is 19.8 Å². The molecule has 1 aliphatic heterocycles. The average Bonchev–Trinajstić information content (AvgIpc) is 2.19. The number of hydrogen-bond acceptors (Lipinski definition) is 3. The number of carbonyl (C=O) groups is 1. The zero-order valence-corrected chi connectivity index (χ0v) is 9.01. The Labute approximate surface area is 85.2 Å². The Hall–Kier alpha value is -0.610. The first-order valence-electron chi connectivity index (χ1n) is 5.19. The van der Waals surface area contributed by atoms with E-state index in [4.69, 9.17) is 10.5 Å². The lowest BCUT2D eigenvalue weighted by Gasteiger charge is -2.37.